The molecule has 1 aliphatic carbocycles. The standard InChI is InChI=1S/C31H38N2O4/c1-7-36-29(35)23-12-9-22(10-13-23)11-14-24-17-26-27(18-25(24)20-33-16-8-15-32-33)31(5,6)28(37-21(2)34)19-30(26,3)4/h8-14,16-18,28,32H,7,15,19-20H2,1-6H3/b14-11+. The fraction of sp³-hybridized carbons (Fsp3) is 0.419. The van der Waals surface area contributed by atoms with Crippen LogP contribution in [0.1, 0.15) is 86.1 Å². The van der Waals surface area contributed by atoms with Gasteiger partial charge in [0.2, 0.25) is 0 Å². The first-order chi connectivity index (χ1) is 17.5. The first-order valence-corrected chi connectivity index (χ1v) is 13.0. The number of nitrogens with one attached hydrogen (secondary N) is 1. The van der Waals surface area contributed by atoms with Gasteiger partial charge in [-0.2, -0.15) is 0 Å². The highest BCUT2D eigenvalue weighted by atomic mass is 16.5. The van der Waals surface area contributed by atoms with E-state index in [1.54, 1.807) is 19.1 Å². The molecule has 196 valence electrons. The Kier molecular flexibility index (Phi) is 7.60. The van der Waals surface area contributed by atoms with Crippen molar-refractivity contribution in [2.75, 3.05) is 13.2 Å². The molecule has 0 amide bonds. The van der Waals surface area contributed by atoms with Crippen molar-refractivity contribution in [2.24, 2.45) is 0 Å². The van der Waals surface area contributed by atoms with Crippen LogP contribution in [0.2, 0.25) is 0 Å². The molecule has 1 atom stereocenters. The van der Waals surface area contributed by atoms with Gasteiger partial charge in [-0.25, -0.2) is 10.2 Å². The van der Waals surface area contributed by atoms with Crippen molar-refractivity contribution in [1.82, 2.24) is 10.4 Å². The molecule has 0 saturated heterocycles. The number of rotatable bonds is 7. The molecule has 1 N–H and O–H groups in total. The summed E-state index contributed by atoms with van der Waals surface area (Å²) in [7, 11) is 0. The Bertz CT molecular complexity index is 1220. The second-order valence-corrected chi connectivity index (χ2v) is 11.1. The van der Waals surface area contributed by atoms with Crippen LogP contribution in [-0.2, 0) is 31.6 Å². The van der Waals surface area contributed by atoms with Crippen LogP contribution < -0.4 is 5.43 Å². The van der Waals surface area contributed by atoms with Gasteiger partial charge in [-0.15, -0.1) is 0 Å². The predicted molar refractivity (Wildman–Crippen MR) is 147 cm³/mol. The van der Waals surface area contributed by atoms with E-state index in [9.17, 15) is 9.59 Å². The Hall–Kier alpha value is -3.38. The Balaban J connectivity index is 1.73. The van der Waals surface area contributed by atoms with Crippen molar-refractivity contribution < 1.29 is 19.1 Å². The van der Waals surface area contributed by atoms with E-state index >= 15 is 0 Å². The number of carbonyl (C=O) groups excluding carboxylic acids is 2. The van der Waals surface area contributed by atoms with Gasteiger partial charge in [-0.05, 0) is 58.7 Å². The Morgan fingerprint density at radius 3 is 2.43 bits per heavy atom. The second-order valence-electron chi connectivity index (χ2n) is 11.1. The summed E-state index contributed by atoms with van der Waals surface area (Å²) in [5.41, 5.74) is 9.29. The molecule has 2 aliphatic rings. The summed E-state index contributed by atoms with van der Waals surface area (Å²) in [5.74, 6) is -0.546. The van der Waals surface area contributed by atoms with E-state index in [0.717, 1.165) is 24.1 Å². The van der Waals surface area contributed by atoms with Crippen LogP contribution in [0.3, 0.4) is 0 Å². The van der Waals surface area contributed by atoms with E-state index in [-0.39, 0.29) is 28.9 Å². The number of benzene rings is 2. The Morgan fingerprint density at radius 2 is 1.81 bits per heavy atom. The number of fused-ring (bicyclic) bond motifs is 1. The molecule has 6 nitrogen and oxygen atoms in total. The second kappa shape index (κ2) is 10.5. The highest BCUT2D eigenvalue weighted by Gasteiger charge is 2.46. The molecular formula is C31H38N2O4. The molecule has 0 fully saturated rings. The van der Waals surface area contributed by atoms with Crippen LogP contribution >= 0.6 is 0 Å². The molecular weight excluding hydrogens is 464 g/mol. The van der Waals surface area contributed by atoms with Crippen LogP contribution in [0.4, 0.5) is 0 Å². The van der Waals surface area contributed by atoms with Gasteiger partial charge < -0.3 is 14.5 Å². The monoisotopic (exact) mass is 502 g/mol. The third-order valence-corrected chi connectivity index (χ3v) is 7.43. The van der Waals surface area contributed by atoms with Crippen LogP contribution in [0.5, 0.6) is 0 Å². The molecule has 37 heavy (non-hydrogen) atoms. The maximum atomic E-state index is 12.0. The van der Waals surface area contributed by atoms with E-state index in [1.165, 1.54) is 23.6 Å². The number of ether oxygens (including phenoxy) is 2. The van der Waals surface area contributed by atoms with Crippen molar-refractivity contribution in [3.8, 4) is 0 Å². The minimum Gasteiger partial charge on any atom is -0.462 e. The first kappa shape index (κ1) is 26.7. The quantitative estimate of drug-likeness (QED) is 0.384. The fourth-order valence-electron chi connectivity index (χ4n) is 5.26. The van der Waals surface area contributed by atoms with E-state index in [1.807, 2.05) is 12.1 Å². The van der Waals surface area contributed by atoms with Gasteiger partial charge in [0, 0.05) is 25.1 Å². The zero-order chi connectivity index (χ0) is 26.8. The normalized spacial score (nSPS) is 19.6. The summed E-state index contributed by atoms with van der Waals surface area (Å²) in [5, 5.41) is 2.09. The van der Waals surface area contributed by atoms with Crippen molar-refractivity contribution in [2.45, 2.75) is 71.4 Å². The number of carbonyl (C=O) groups is 2. The molecule has 0 saturated carbocycles. The zero-order valence-electron chi connectivity index (χ0n) is 22.8. The lowest BCUT2D eigenvalue weighted by Gasteiger charge is -2.47. The van der Waals surface area contributed by atoms with Gasteiger partial charge >= 0.3 is 11.9 Å². The summed E-state index contributed by atoms with van der Waals surface area (Å²) in [6.07, 6.45) is 8.97. The van der Waals surface area contributed by atoms with Crippen molar-refractivity contribution >= 4 is 24.1 Å². The number of hydrogen-bond acceptors (Lipinski definition) is 6. The molecule has 0 radical (unpaired) electrons. The zero-order valence-corrected chi connectivity index (χ0v) is 22.8. The van der Waals surface area contributed by atoms with E-state index in [2.05, 4.69) is 74.7 Å². The topological polar surface area (TPSA) is 67.9 Å². The average Bonchev–Trinajstić information content (AvgIpc) is 3.35. The SMILES string of the molecule is CCOC(=O)c1ccc(/C=C/c2cc3c(cc2CN2C=CCN2)C(C)(C)C(OC(C)=O)CC3(C)C)cc1. The number of hydrogen-bond donors (Lipinski definition) is 1. The number of hydrazine groups is 1. The smallest absolute Gasteiger partial charge is 0.338 e. The van der Waals surface area contributed by atoms with Gasteiger partial charge in [0.25, 0.3) is 0 Å². The maximum Gasteiger partial charge on any atom is 0.338 e. The maximum absolute atomic E-state index is 12.0. The van der Waals surface area contributed by atoms with Gasteiger partial charge in [0.1, 0.15) is 6.10 Å². The molecule has 0 bridgehead atoms. The van der Waals surface area contributed by atoms with E-state index in [4.69, 9.17) is 9.47 Å². The minimum absolute atomic E-state index is 0.154. The summed E-state index contributed by atoms with van der Waals surface area (Å²) in [6, 6.07) is 12.1. The summed E-state index contributed by atoms with van der Waals surface area (Å²) in [4.78, 5) is 23.9. The van der Waals surface area contributed by atoms with Crippen LogP contribution in [0.25, 0.3) is 12.2 Å². The molecule has 4 rings (SSSR count). The summed E-state index contributed by atoms with van der Waals surface area (Å²) in [6.45, 7) is 14.0. The molecule has 0 aromatic heterocycles. The molecule has 1 unspecified atom stereocenters. The number of esters is 2. The largest absolute Gasteiger partial charge is 0.462 e. The highest BCUT2D eigenvalue weighted by molar-refractivity contribution is 5.89. The average molecular weight is 503 g/mol. The van der Waals surface area contributed by atoms with Gasteiger partial charge in [-0.3, -0.25) is 4.79 Å². The Morgan fingerprint density at radius 1 is 1.08 bits per heavy atom. The molecule has 0 spiro atoms. The van der Waals surface area contributed by atoms with Crippen LogP contribution in [-0.4, -0.2) is 36.2 Å². The van der Waals surface area contributed by atoms with E-state index in [0.29, 0.717) is 18.7 Å². The van der Waals surface area contributed by atoms with E-state index < -0.39 is 0 Å². The van der Waals surface area contributed by atoms with Crippen LogP contribution in [0, 0.1) is 0 Å². The van der Waals surface area contributed by atoms with Gasteiger partial charge in [0.15, 0.2) is 0 Å². The van der Waals surface area contributed by atoms with Gasteiger partial charge in [0.05, 0.1) is 18.7 Å². The van der Waals surface area contributed by atoms with Gasteiger partial charge in [-0.1, -0.05) is 70.2 Å². The molecule has 2 aromatic carbocycles. The van der Waals surface area contributed by atoms with Crippen LogP contribution in [0.15, 0.2) is 48.7 Å². The molecule has 2 aromatic rings. The third kappa shape index (κ3) is 5.80. The lowest BCUT2D eigenvalue weighted by molar-refractivity contribution is -0.151. The summed E-state index contributed by atoms with van der Waals surface area (Å²) < 4.78 is 10.9. The number of nitrogens with zero attached hydrogens (tertiary/aromatic N) is 1. The fourth-order valence-corrected chi connectivity index (χ4v) is 5.26. The predicted octanol–water partition coefficient (Wildman–Crippen LogP) is 5.76. The molecule has 1 aliphatic heterocycles. The molecule has 6 heteroatoms. The lowest BCUT2D eigenvalue weighted by Crippen LogP contribution is -2.47. The third-order valence-electron chi connectivity index (χ3n) is 7.43. The lowest BCUT2D eigenvalue weighted by atomic mass is 9.61. The van der Waals surface area contributed by atoms with Crippen molar-refractivity contribution in [3.05, 3.63) is 82.1 Å². The Labute approximate surface area is 220 Å². The molecule has 1 heterocycles. The van der Waals surface area contributed by atoms with Crippen molar-refractivity contribution in [3.63, 3.8) is 0 Å². The van der Waals surface area contributed by atoms with Crippen molar-refractivity contribution in [1.29, 1.82) is 0 Å². The highest BCUT2D eigenvalue weighted by Crippen LogP contribution is 2.48. The first-order valence-electron chi connectivity index (χ1n) is 13.0. The minimum atomic E-state index is -0.315. The summed E-state index contributed by atoms with van der Waals surface area (Å²) >= 11 is 0.